The molecule has 4 fully saturated rings. The molecule has 258 valence electrons. The predicted octanol–water partition coefficient (Wildman–Crippen LogP) is 4.86. The van der Waals surface area contributed by atoms with Crippen LogP contribution in [0.5, 0.6) is 0 Å². The van der Waals surface area contributed by atoms with Gasteiger partial charge in [-0.3, -0.25) is 9.59 Å². The molecule has 1 unspecified atom stereocenters. The predicted molar refractivity (Wildman–Crippen MR) is 186 cm³/mol. The summed E-state index contributed by atoms with van der Waals surface area (Å²) in [6.07, 6.45) is 5.02. The molecule has 1 aromatic carbocycles. The molecule has 2 aliphatic heterocycles. The molecule has 49 heavy (non-hydrogen) atoms. The van der Waals surface area contributed by atoms with E-state index < -0.39 is 12.7 Å². The molecule has 2 aromatic heterocycles. The molecule has 0 spiro atoms. The van der Waals surface area contributed by atoms with Crippen LogP contribution in [-0.2, 0) is 25.4 Å². The van der Waals surface area contributed by atoms with Gasteiger partial charge < -0.3 is 24.8 Å². The minimum absolute atomic E-state index is 0.0122. The molecule has 3 aromatic rings. The van der Waals surface area contributed by atoms with Crippen molar-refractivity contribution in [1.82, 2.24) is 25.4 Å². The second kappa shape index (κ2) is 12.7. The molecular weight excluding hydrogens is 619 g/mol. The van der Waals surface area contributed by atoms with Crippen LogP contribution in [0, 0.1) is 30.1 Å². The Balaban J connectivity index is 1.07. The molecular formula is C37H47BN6O5. The van der Waals surface area contributed by atoms with Gasteiger partial charge in [0.2, 0.25) is 5.60 Å². The summed E-state index contributed by atoms with van der Waals surface area (Å²) in [5.41, 5.74) is 1.09. The topological polar surface area (TPSA) is 129 Å². The van der Waals surface area contributed by atoms with Gasteiger partial charge in [0.1, 0.15) is 5.69 Å². The van der Waals surface area contributed by atoms with Crippen molar-refractivity contribution in [3.05, 3.63) is 77.7 Å². The number of carbonyl (C=O) groups is 2. The van der Waals surface area contributed by atoms with Crippen molar-refractivity contribution in [2.24, 2.45) is 28.3 Å². The third kappa shape index (κ3) is 6.18. The minimum atomic E-state index is -1.30. The average Bonchev–Trinajstić information content (AvgIpc) is 3.78. The maximum absolute atomic E-state index is 14.5. The zero-order valence-corrected chi connectivity index (χ0v) is 29.3. The first-order chi connectivity index (χ1) is 23.4. The molecule has 0 radical (unpaired) electrons. The SMILES string of the molecule is Cc1cc(C(=O)NCC2=NOC(Cc3ccccc3)(C(=O)N[C@@H](CC(C)C)B3O[C@@H]4C[C@@H]5C[C@@H](C5(C)C)[C@]4(C)O3)C2)n(-c2ccccn2)n1. The molecule has 11 nitrogen and oxygen atoms in total. The number of nitrogens with zero attached hydrogens (tertiary/aromatic N) is 4. The molecule has 12 heteroatoms. The molecule has 3 aliphatic carbocycles. The van der Waals surface area contributed by atoms with Crippen LogP contribution in [0.4, 0.5) is 0 Å². The lowest BCUT2D eigenvalue weighted by Gasteiger charge is -2.64. The Hall–Kier alpha value is -4.03. The van der Waals surface area contributed by atoms with Crippen LogP contribution in [0.1, 0.15) is 82.0 Å². The highest BCUT2D eigenvalue weighted by molar-refractivity contribution is 6.48. The van der Waals surface area contributed by atoms with E-state index in [1.807, 2.05) is 49.4 Å². The lowest BCUT2D eigenvalue weighted by molar-refractivity contribution is -0.199. The molecule has 5 aliphatic rings. The number of hydrogen-bond donors (Lipinski definition) is 2. The number of aromatic nitrogens is 3. The smallest absolute Gasteiger partial charge is 0.404 e. The number of pyridine rings is 1. The number of aryl methyl sites for hydroxylation is 1. The van der Waals surface area contributed by atoms with Gasteiger partial charge in [-0.15, -0.1) is 0 Å². The number of rotatable bonds is 11. The number of hydrogen-bond acceptors (Lipinski definition) is 8. The van der Waals surface area contributed by atoms with Crippen molar-refractivity contribution in [2.75, 3.05) is 6.54 Å². The van der Waals surface area contributed by atoms with E-state index in [9.17, 15) is 9.59 Å². The Kier molecular flexibility index (Phi) is 8.67. The molecule has 2 bridgehead atoms. The highest BCUT2D eigenvalue weighted by Gasteiger charge is 2.68. The van der Waals surface area contributed by atoms with Gasteiger partial charge in [0.15, 0.2) is 5.82 Å². The molecule has 3 saturated carbocycles. The summed E-state index contributed by atoms with van der Waals surface area (Å²) in [6.45, 7) is 13.1. The van der Waals surface area contributed by atoms with Crippen LogP contribution in [0.3, 0.4) is 0 Å². The van der Waals surface area contributed by atoms with Crippen LogP contribution in [0.2, 0.25) is 0 Å². The summed E-state index contributed by atoms with van der Waals surface area (Å²) in [5.74, 6) is 0.913. The number of nitrogens with one attached hydrogen (secondary N) is 2. The lowest BCUT2D eigenvalue weighted by Crippen LogP contribution is -2.65. The lowest BCUT2D eigenvalue weighted by atomic mass is 9.43. The van der Waals surface area contributed by atoms with Gasteiger partial charge in [-0.05, 0) is 80.0 Å². The molecule has 6 atom stereocenters. The van der Waals surface area contributed by atoms with E-state index >= 15 is 0 Å². The fourth-order valence-corrected chi connectivity index (χ4v) is 8.57. The summed E-state index contributed by atoms with van der Waals surface area (Å²) >= 11 is 0. The third-order valence-electron chi connectivity index (χ3n) is 11.3. The monoisotopic (exact) mass is 666 g/mol. The standard InChI is InChI=1S/C37H47BN6O5/c1-23(2)16-31(38-47-30-19-26-18-29(35(26,4)5)36(30,6)48-38)41-34(46)37(20-25-12-8-7-9-13-25)21-27(43-49-37)22-40-33(45)28-17-24(3)42-44(28)32-14-10-11-15-39-32/h7-15,17,23,26,29-31H,16,18-22H2,1-6H3,(H,40,45)(H,41,46)/t26-,29-,30+,31-,36-,37?/m0/s1. The van der Waals surface area contributed by atoms with E-state index in [1.165, 1.54) is 4.68 Å². The fraction of sp³-hybridized carbons (Fsp3) is 0.541. The fourth-order valence-electron chi connectivity index (χ4n) is 8.57. The van der Waals surface area contributed by atoms with Gasteiger partial charge in [-0.1, -0.05) is 69.2 Å². The van der Waals surface area contributed by atoms with Crippen molar-refractivity contribution in [3.8, 4) is 5.82 Å². The first-order valence-corrected chi connectivity index (χ1v) is 17.6. The normalized spacial score (nSPS) is 28.7. The maximum atomic E-state index is 14.5. The van der Waals surface area contributed by atoms with Crippen LogP contribution < -0.4 is 10.6 Å². The number of benzene rings is 1. The molecule has 1 saturated heterocycles. The van der Waals surface area contributed by atoms with E-state index in [0.717, 1.165) is 18.4 Å². The highest BCUT2D eigenvalue weighted by atomic mass is 16.7. The number of oxime groups is 1. The Bertz CT molecular complexity index is 1730. The summed E-state index contributed by atoms with van der Waals surface area (Å²) in [4.78, 5) is 38.3. The molecule has 2 amide bonds. The van der Waals surface area contributed by atoms with E-state index in [-0.39, 0.29) is 53.8 Å². The third-order valence-corrected chi connectivity index (χ3v) is 11.3. The van der Waals surface area contributed by atoms with Crippen molar-refractivity contribution >= 4 is 24.6 Å². The van der Waals surface area contributed by atoms with Crippen LogP contribution in [-0.4, -0.2) is 69.2 Å². The van der Waals surface area contributed by atoms with E-state index in [2.05, 4.69) is 60.5 Å². The summed E-state index contributed by atoms with van der Waals surface area (Å²) in [5, 5.41) is 15.1. The van der Waals surface area contributed by atoms with E-state index in [0.29, 0.717) is 47.6 Å². The minimum Gasteiger partial charge on any atom is -0.404 e. The Morgan fingerprint density at radius 3 is 2.57 bits per heavy atom. The second-order valence-electron chi connectivity index (χ2n) is 15.6. The molecule has 4 heterocycles. The number of amides is 2. The maximum Gasteiger partial charge on any atom is 0.481 e. The zero-order chi connectivity index (χ0) is 34.6. The average molecular weight is 667 g/mol. The zero-order valence-electron chi connectivity index (χ0n) is 29.3. The quantitative estimate of drug-likeness (QED) is 0.280. The van der Waals surface area contributed by atoms with Crippen molar-refractivity contribution in [3.63, 3.8) is 0 Å². The first kappa shape index (κ1) is 33.5. The molecule has 2 N–H and O–H groups in total. The van der Waals surface area contributed by atoms with Gasteiger partial charge in [0.25, 0.3) is 11.8 Å². The van der Waals surface area contributed by atoms with E-state index in [1.54, 1.807) is 18.3 Å². The number of carbonyl (C=O) groups excluding carboxylic acids is 2. The van der Waals surface area contributed by atoms with Crippen LogP contribution in [0.25, 0.3) is 5.82 Å². The highest BCUT2D eigenvalue weighted by Crippen LogP contribution is 2.65. The van der Waals surface area contributed by atoms with Gasteiger partial charge >= 0.3 is 7.12 Å². The van der Waals surface area contributed by atoms with Crippen molar-refractivity contribution in [2.45, 2.75) is 96.9 Å². The summed E-state index contributed by atoms with van der Waals surface area (Å²) in [7, 11) is -0.557. The first-order valence-electron chi connectivity index (χ1n) is 17.6. The Labute approximate surface area is 288 Å². The van der Waals surface area contributed by atoms with Gasteiger partial charge in [-0.25, -0.2) is 9.67 Å². The summed E-state index contributed by atoms with van der Waals surface area (Å²) in [6, 6.07) is 17.0. The van der Waals surface area contributed by atoms with Crippen LogP contribution in [0.15, 0.2) is 65.9 Å². The Morgan fingerprint density at radius 1 is 1.08 bits per heavy atom. The second-order valence-corrected chi connectivity index (χ2v) is 15.6. The largest absolute Gasteiger partial charge is 0.481 e. The van der Waals surface area contributed by atoms with Crippen LogP contribution >= 0.6 is 0 Å². The molecule has 8 rings (SSSR count). The van der Waals surface area contributed by atoms with Gasteiger partial charge in [0, 0.05) is 19.0 Å². The van der Waals surface area contributed by atoms with E-state index in [4.69, 9.17) is 14.1 Å². The van der Waals surface area contributed by atoms with Gasteiger partial charge in [-0.2, -0.15) is 5.10 Å². The summed E-state index contributed by atoms with van der Waals surface area (Å²) < 4.78 is 15.0. The van der Waals surface area contributed by atoms with Crippen molar-refractivity contribution in [1.29, 1.82) is 0 Å². The Morgan fingerprint density at radius 2 is 1.86 bits per heavy atom. The van der Waals surface area contributed by atoms with Crippen molar-refractivity contribution < 1.29 is 23.7 Å². The van der Waals surface area contributed by atoms with Gasteiger partial charge in [0.05, 0.1) is 35.6 Å².